The molecule has 3 aromatic rings. The summed E-state index contributed by atoms with van der Waals surface area (Å²) in [5.74, 6) is 0.589. The summed E-state index contributed by atoms with van der Waals surface area (Å²) in [6.07, 6.45) is 2.65. The molecule has 0 saturated heterocycles. The summed E-state index contributed by atoms with van der Waals surface area (Å²) in [7, 11) is 0. The maximum atomic E-state index is 5.61. The Bertz CT molecular complexity index is 809. The number of benzene rings is 1. The summed E-state index contributed by atoms with van der Waals surface area (Å²) in [6, 6.07) is 8.67. The molecule has 0 saturated carbocycles. The Kier molecular flexibility index (Phi) is 4.71. The number of hydrogen-bond donors (Lipinski definition) is 1. The quantitative estimate of drug-likeness (QED) is 0.424. The second kappa shape index (κ2) is 6.73. The first-order valence-electron chi connectivity index (χ1n) is 6.91. The molecule has 0 atom stereocenters. The van der Waals surface area contributed by atoms with E-state index in [0.717, 1.165) is 21.7 Å². The number of thiocarbonyl (C=S) groups is 1. The fourth-order valence-corrected chi connectivity index (χ4v) is 4.14. The molecule has 2 N–H and O–H groups in total. The van der Waals surface area contributed by atoms with Crippen molar-refractivity contribution >= 4 is 50.5 Å². The van der Waals surface area contributed by atoms with Crippen LogP contribution in [0.2, 0.25) is 0 Å². The van der Waals surface area contributed by atoms with E-state index >= 15 is 0 Å². The molecular weight excluding hydrogens is 330 g/mol. The normalized spacial score (nSPS) is 11.0. The van der Waals surface area contributed by atoms with Crippen molar-refractivity contribution in [2.45, 2.75) is 18.4 Å². The standard InChI is InChI=1S/C16H15N3S3/c1-2-10-3-5-11(6-4-10)12-7-21-15-14(12)16(19-9-18-15)22-8-13(17)20/h3-7,9H,2,8H2,1H3,(H2,17,20). The minimum Gasteiger partial charge on any atom is -0.393 e. The first-order chi connectivity index (χ1) is 10.7. The molecule has 3 rings (SSSR count). The highest BCUT2D eigenvalue weighted by atomic mass is 32.2. The third kappa shape index (κ3) is 3.14. The molecular formula is C16H15N3S3. The lowest BCUT2D eigenvalue weighted by atomic mass is 10.0. The van der Waals surface area contributed by atoms with Gasteiger partial charge < -0.3 is 5.73 Å². The van der Waals surface area contributed by atoms with Crippen LogP contribution >= 0.6 is 35.3 Å². The number of nitrogens with two attached hydrogens (primary N) is 1. The van der Waals surface area contributed by atoms with Crippen molar-refractivity contribution in [2.75, 3.05) is 5.75 Å². The van der Waals surface area contributed by atoms with E-state index < -0.39 is 0 Å². The van der Waals surface area contributed by atoms with Gasteiger partial charge in [-0.3, -0.25) is 0 Å². The molecule has 0 bridgehead atoms. The van der Waals surface area contributed by atoms with Gasteiger partial charge in [0.1, 0.15) is 16.2 Å². The number of thioether (sulfide) groups is 1. The van der Waals surface area contributed by atoms with Crippen LogP contribution in [0.5, 0.6) is 0 Å². The molecule has 2 aromatic heterocycles. The van der Waals surface area contributed by atoms with Crippen LogP contribution in [0.25, 0.3) is 21.3 Å². The van der Waals surface area contributed by atoms with Gasteiger partial charge in [-0.05, 0) is 17.5 Å². The maximum Gasteiger partial charge on any atom is 0.128 e. The van der Waals surface area contributed by atoms with Gasteiger partial charge in [0.2, 0.25) is 0 Å². The molecule has 3 nitrogen and oxygen atoms in total. The lowest BCUT2D eigenvalue weighted by Crippen LogP contribution is -2.10. The molecule has 1 aromatic carbocycles. The van der Waals surface area contributed by atoms with Crippen LogP contribution in [-0.4, -0.2) is 20.7 Å². The first-order valence-corrected chi connectivity index (χ1v) is 9.19. The van der Waals surface area contributed by atoms with E-state index in [9.17, 15) is 0 Å². The number of aryl methyl sites for hydroxylation is 1. The van der Waals surface area contributed by atoms with E-state index in [-0.39, 0.29) is 0 Å². The second-order valence-corrected chi connectivity index (χ2v) is 7.16. The number of nitrogens with zero attached hydrogens (tertiary/aromatic N) is 2. The molecule has 0 spiro atoms. The van der Waals surface area contributed by atoms with Crippen LogP contribution in [0.3, 0.4) is 0 Å². The van der Waals surface area contributed by atoms with Crippen LogP contribution in [0.1, 0.15) is 12.5 Å². The van der Waals surface area contributed by atoms with Crippen molar-refractivity contribution in [3.8, 4) is 11.1 Å². The highest BCUT2D eigenvalue weighted by Gasteiger charge is 2.13. The number of fused-ring (bicyclic) bond motifs is 1. The Labute approximate surface area is 143 Å². The fraction of sp³-hybridized carbons (Fsp3) is 0.188. The Morgan fingerprint density at radius 1 is 1.27 bits per heavy atom. The third-order valence-corrected chi connectivity index (χ3v) is 5.61. The lowest BCUT2D eigenvalue weighted by Gasteiger charge is -2.05. The van der Waals surface area contributed by atoms with Crippen LogP contribution in [0.15, 0.2) is 41.0 Å². The maximum absolute atomic E-state index is 5.61. The molecule has 0 aliphatic rings. The topological polar surface area (TPSA) is 51.8 Å². The van der Waals surface area contributed by atoms with Crippen LogP contribution in [-0.2, 0) is 6.42 Å². The number of aromatic nitrogens is 2. The minimum absolute atomic E-state index is 0.487. The van der Waals surface area contributed by atoms with E-state index in [1.807, 2.05) is 0 Å². The molecule has 22 heavy (non-hydrogen) atoms. The Hall–Kier alpha value is -1.50. The first kappa shape index (κ1) is 15.4. The van der Waals surface area contributed by atoms with E-state index in [0.29, 0.717) is 10.7 Å². The summed E-state index contributed by atoms with van der Waals surface area (Å²) in [5.41, 5.74) is 9.31. The van der Waals surface area contributed by atoms with E-state index in [1.165, 1.54) is 16.7 Å². The molecule has 0 fully saturated rings. The predicted molar refractivity (Wildman–Crippen MR) is 99.7 cm³/mol. The molecule has 112 valence electrons. The average Bonchev–Trinajstić information content (AvgIpc) is 2.97. The summed E-state index contributed by atoms with van der Waals surface area (Å²) in [6.45, 7) is 2.16. The van der Waals surface area contributed by atoms with Gasteiger partial charge in [0.25, 0.3) is 0 Å². The lowest BCUT2D eigenvalue weighted by molar-refractivity contribution is 1.11. The Morgan fingerprint density at radius 2 is 2.05 bits per heavy atom. The van der Waals surface area contributed by atoms with Crippen molar-refractivity contribution in [3.05, 3.63) is 41.5 Å². The highest BCUT2D eigenvalue weighted by molar-refractivity contribution is 8.01. The van der Waals surface area contributed by atoms with E-state index in [4.69, 9.17) is 18.0 Å². The molecule has 6 heteroatoms. The van der Waals surface area contributed by atoms with Gasteiger partial charge in [0, 0.05) is 16.7 Å². The number of rotatable bonds is 5. The summed E-state index contributed by atoms with van der Waals surface area (Å²) in [5, 5.41) is 4.18. The predicted octanol–water partition coefficient (Wildman–Crippen LogP) is 4.30. The largest absolute Gasteiger partial charge is 0.393 e. The molecule has 0 radical (unpaired) electrons. The molecule has 2 heterocycles. The fourth-order valence-electron chi connectivity index (χ4n) is 2.23. The minimum atomic E-state index is 0.487. The van der Waals surface area contributed by atoms with Crippen LogP contribution < -0.4 is 5.73 Å². The molecule has 0 amide bonds. The van der Waals surface area contributed by atoms with Crippen molar-refractivity contribution in [1.29, 1.82) is 0 Å². The monoisotopic (exact) mass is 345 g/mol. The zero-order valence-corrected chi connectivity index (χ0v) is 14.5. The van der Waals surface area contributed by atoms with Crippen molar-refractivity contribution in [2.24, 2.45) is 5.73 Å². The number of hydrogen-bond acceptors (Lipinski definition) is 5. The molecule has 0 unspecified atom stereocenters. The van der Waals surface area contributed by atoms with Crippen LogP contribution in [0.4, 0.5) is 0 Å². The summed E-state index contributed by atoms with van der Waals surface area (Å²) < 4.78 is 0. The summed E-state index contributed by atoms with van der Waals surface area (Å²) in [4.78, 5) is 10.3. The van der Waals surface area contributed by atoms with Crippen molar-refractivity contribution in [1.82, 2.24) is 9.97 Å². The van der Waals surface area contributed by atoms with Gasteiger partial charge in [-0.25, -0.2) is 9.97 Å². The summed E-state index contributed by atoms with van der Waals surface area (Å²) >= 11 is 8.17. The van der Waals surface area contributed by atoms with Crippen molar-refractivity contribution < 1.29 is 0 Å². The zero-order valence-electron chi connectivity index (χ0n) is 12.1. The van der Waals surface area contributed by atoms with Gasteiger partial charge >= 0.3 is 0 Å². The SMILES string of the molecule is CCc1ccc(-c2csc3ncnc(SCC(N)=S)c23)cc1. The van der Waals surface area contributed by atoms with Gasteiger partial charge in [-0.15, -0.1) is 11.3 Å². The molecule has 0 aliphatic heterocycles. The van der Waals surface area contributed by atoms with Crippen LogP contribution in [0, 0.1) is 0 Å². The average molecular weight is 346 g/mol. The second-order valence-electron chi connectivity index (χ2n) is 4.81. The van der Waals surface area contributed by atoms with Gasteiger partial charge in [-0.2, -0.15) is 0 Å². The smallest absolute Gasteiger partial charge is 0.128 e. The number of thiophene rings is 1. The van der Waals surface area contributed by atoms with Gasteiger partial charge in [0.15, 0.2) is 0 Å². The Morgan fingerprint density at radius 3 is 2.73 bits per heavy atom. The Balaban J connectivity index is 2.07. The molecule has 0 aliphatic carbocycles. The van der Waals surface area contributed by atoms with Gasteiger partial charge in [-0.1, -0.05) is 55.2 Å². The highest BCUT2D eigenvalue weighted by Crippen LogP contribution is 2.37. The van der Waals surface area contributed by atoms with E-state index in [1.54, 1.807) is 29.4 Å². The van der Waals surface area contributed by atoms with Gasteiger partial charge in [0.05, 0.1) is 10.4 Å². The van der Waals surface area contributed by atoms with E-state index in [2.05, 4.69) is 46.5 Å². The third-order valence-electron chi connectivity index (χ3n) is 3.36. The zero-order chi connectivity index (χ0) is 15.5. The van der Waals surface area contributed by atoms with Crippen molar-refractivity contribution in [3.63, 3.8) is 0 Å².